The van der Waals surface area contributed by atoms with Crippen LogP contribution in [-0.4, -0.2) is 92.9 Å². The molecule has 0 bridgehead atoms. The monoisotopic (exact) mass is 851 g/mol. The molecule has 0 aliphatic heterocycles. The number of methoxy groups -OCH3 is 2. The Morgan fingerprint density at radius 3 is 1.61 bits per heavy atom. The number of benzene rings is 6. The second-order valence-corrected chi connectivity index (χ2v) is 16.1. The number of hydrogen-bond acceptors (Lipinski definition) is 14. The Bertz CT molecular complexity index is 2980. The molecule has 5 N–H and O–H groups in total. The third kappa shape index (κ3) is 8.49. The van der Waals surface area contributed by atoms with E-state index >= 15 is 0 Å². The van der Waals surface area contributed by atoms with Gasteiger partial charge in [-0.1, -0.05) is 48.0 Å². The molecule has 6 aromatic carbocycles. The van der Waals surface area contributed by atoms with Crippen molar-refractivity contribution in [1.29, 1.82) is 0 Å². The molecule has 285 valence electrons. The largest absolute Gasteiger partial charge is 0.505 e. The van der Waals surface area contributed by atoms with Crippen LogP contribution >= 0.6 is 11.6 Å². The molecule has 0 heterocycles. The van der Waals surface area contributed by atoms with Gasteiger partial charge in [-0.2, -0.15) is 25.3 Å². The summed E-state index contributed by atoms with van der Waals surface area (Å²) in [5.41, 5.74) is 0.376. The van der Waals surface area contributed by atoms with Gasteiger partial charge in [-0.25, -0.2) is 0 Å². The zero-order valence-corrected chi connectivity index (χ0v) is 34.2. The summed E-state index contributed by atoms with van der Waals surface area (Å²) in [6.07, 6.45) is 0. The molecule has 0 saturated heterocycles. The van der Waals surface area contributed by atoms with Gasteiger partial charge in [0.2, 0.25) is 0 Å². The minimum Gasteiger partial charge on any atom is -0.505 e. The minimum atomic E-state index is -5.09. The SMILES string of the molecule is COc1cc(-c2ccc(N=Nc3c(S(=O)(=O)O)cc4cc(S(=O)(=O)O)cc(Cl)c4c3O)c(OC)c2)ccc1N=Nc1cc(S(=O)(=O)O)c2ccccc2c1O.[Na]. The number of phenolic OH excluding ortho intramolecular Hbond substituents is 2. The minimum absolute atomic E-state index is 0. The van der Waals surface area contributed by atoms with Gasteiger partial charge in [-0.15, -0.1) is 20.5 Å². The summed E-state index contributed by atoms with van der Waals surface area (Å²) >= 11 is 6.18. The smallest absolute Gasteiger partial charge is 0.296 e. The average Bonchev–Trinajstić information content (AvgIpc) is 3.12. The molecular formula is C34H25ClN4NaO13S3. The maximum Gasteiger partial charge on any atom is 0.296 e. The number of halogens is 1. The van der Waals surface area contributed by atoms with Crippen LogP contribution in [0.2, 0.25) is 5.02 Å². The average molecular weight is 852 g/mol. The Kier molecular flexibility index (Phi) is 12.1. The van der Waals surface area contributed by atoms with E-state index in [0.717, 1.165) is 24.3 Å². The number of rotatable bonds is 10. The third-order valence-corrected chi connectivity index (χ3v) is 11.0. The molecule has 56 heavy (non-hydrogen) atoms. The van der Waals surface area contributed by atoms with E-state index in [1.807, 2.05) is 0 Å². The number of phenols is 2. The summed E-state index contributed by atoms with van der Waals surface area (Å²) in [6, 6.07) is 18.8. The molecule has 0 aliphatic carbocycles. The number of aromatic hydroxyl groups is 2. The van der Waals surface area contributed by atoms with Crippen LogP contribution in [0.1, 0.15) is 0 Å². The Balaban J connectivity index is 0.00000600. The standard InChI is InChI=1S/C34H25ClN4O13S3.Na/c1-51-27-12-17(7-9-24(27)36-38-26-16-29(54(45,46)47)21-5-3-4-6-22(21)33(26)40)18-8-10-25(28(13-18)52-2)37-39-32-30(55(48,49)50)14-19-11-20(53(42,43)44)15-23(35)31(19)34(32)41;/h3-16,40-41H,1-2H3,(H,42,43,44)(H,45,46,47)(H,48,49,50);. The van der Waals surface area contributed by atoms with E-state index in [2.05, 4.69) is 20.5 Å². The van der Waals surface area contributed by atoms with Gasteiger partial charge in [0.05, 0.1) is 24.1 Å². The summed E-state index contributed by atoms with van der Waals surface area (Å²) in [4.78, 5) is -2.11. The van der Waals surface area contributed by atoms with Crippen LogP contribution in [0.15, 0.2) is 120 Å². The molecule has 1 radical (unpaired) electrons. The summed E-state index contributed by atoms with van der Waals surface area (Å²) < 4.78 is 112. The van der Waals surface area contributed by atoms with Crippen molar-refractivity contribution >= 4 is 116 Å². The second kappa shape index (κ2) is 16.0. The number of ether oxygens (including phenoxy) is 2. The number of fused-ring (bicyclic) bond motifs is 2. The molecule has 0 spiro atoms. The van der Waals surface area contributed by atoms with Crippen molar-refractivity contribution < 1.29 is 58.6 Å². The first-order valence-electron chi connectivity index (χ1n) is 15.2. The third-order valence-electron chi connectivity index (χ3n) is 8.10. The fraction of sp³-hybridized carbons (Fsp3) is 0.0588. The molecule has 0 fully saturated rings. The van der Waals surface area contributed by atoms with Gasteiger partial charge in [0.15, 0.2) is 11.5 Å². The fourth-order valence-corrected chi connectivity index (χ4v) is 7.84. The molecule has 0 aromatic heterocycles. The van der Waals surface area contributed by atoms with Crippen molar-refractivity contribution in [1.82, 2.24) is 0 Å². The molecule has 0 aliphatic rings. The molecule has 22 heteroatoms. The van der Waals surface area contributed by atoms with Crippen LogP contribution in [0.5, 0.6) is 23.0 Å². The first kappa shape index (κ1) is 42.4. The summed E-state index contributed by atoms with van der Waals surface area (Å²) in [6.45, 7) is 0. The van der Waals surface area contributed by atoms with Crippen LogP contribution in [-0.2, 0) is 30.4 Å². The first-order valence-corrected chi connectivity index (χ1v) is 19.9. The van der Waals surface area contributed by atoms with Gasteiger partial charge >= 0.3 is 0 Å². The fourth-order valence-electron chi connectivity index (χ4n) is 5.55. The molecule has 0 atom stereocenters. The van der Waals surface area contributed by atoms with Gasteiger partial charge in [0.1, 0.15) is 44.0 Å². The Morgan fingerprint density at radius 1 is 0.571 bits per heavy atom. The van der Waals surface area contributed by atoms with E-state index in [4.69, 9.17) is 21.1 Å². The predicted octanol–water partition coefficient (Wildman–Crippen LogP) is 7.93. The Hall–Kier alpha value is -4.74. The van der Waals surface area contributed by atoms with Gasteiger partial charge in [-0.05, 0) is 65.0 Å². The van der Waals surface area contributed by atoms with Crippen molar-refractivity contribution in [2.24, 2.45) is 20.5 Å². The van der Waals surface area contributed by atoms with Crippen molar-refractivity contribution in [3.8, 4) is 34.1 Å². The number of azo groups is 2. The van der Waals surface area contributed by atoms with Crippen molar-refractivity contribution in [2.45, 2.75) is 14.7 Å². The van der Waals surface area contributed by atoms with E-state index in [1.54, 1.807) is 36.4 Å². The summed E-state index contributed by atoms with van der Waals surface area (Å²) in [5, 5.41) is 37.2. The van der Waals surface area contributed by atoms with E-state index in [9.17, 15) is 49.1 Å². The zero-order valence-electron chi connectivity index (χ0n) is 29.0. The van der Waals surface area contributed by atoms with Crippen LogP contribution < -0.4 is 9.47 Å². The predicted molar refractivity (Wildman–Crippen MR) is 205 cm³/mol. The first-order chi connectivity index (χ1) is 25.8. The topological polar surface area (TPSA) is 271 Å². The molecule has 17 nitrogen and oxygen atoms in total. The summed E-state index contributed by atoms with van der Waals surface area (Å²) in [5.74, 6) is -0.897. The van der Waals surface area contributed by atoms with Crippen LogP contribution in [0.4, 0.5) is 22.7 Å². The zero-order chi connectivity index (χ0) is 40.0. The molecule has 0 saturated carbocycles. The Morgan fingerprint density at radius 2 is 1.09 bits per heavy atom. The second-order valence-electron chi connectivity index (χ2n) is 11.5. The summed E-state index contributed by atoms with van der Waals surface area (Å²) in [7, 11) is -11.9. The number of hydrogen-bond donors (Lipinski definition) is 5. The normalized spacial score (nSPS) is 12.4. The van der Waals surface area contributed by atoms with Crippen LogP contribution in [0.25, 0.3) is 32.7 Å². The quantitative estimate of drug-likeness (QED) is 0.0498. The van der Waals surface area contributed by atoms with Gasteiger partial charge < -0.3 is 19.7 Å². The van der Waals surface area contributed by atoms with E-state index < -0.39 is 56.5 Å². The van der Waals surface area contributed by atoms with Gasteiger partial charge in [0.25, 0.3) is 30.4 Å². The maximum atomic E-state index is 12.3. The van der Waals surface area contributed by atoms with Crippen LogP contribution in [0.3, 0.4) is 0 Å². The molecule has 6 aromatic rings. The van der Waals surface area contributed by atoms with Crippen molar-refractivity contribution in [3.05, 3.63) is 90.0 Å². The Labute approximate surface area is 345 Å². The molecular weight excluding hydrogens is 827 g/mol. The molecule has 6 rings (SSSR count). The maximum absolute atomic E-state index is 12.3. The van der Waals surface area contributed by atoms with Crippen LogP contribution in [0, 0.1) is 0 Å². The van der Waals surface area contributed by atoms with E-state index in [0.29, 0.717) is 11.1 Å². The van der Waals surface area contributed by atoms with Crippen molar-refractivity contribution in [3.63, 3.8) is 0 Å². The van der Waals surface area contributed by atoms with Gasteiger partial charge in [-0.3, -0.25) is 13.7 Å². The molecule has 0 amide bonds. The molecule has 0 unspecified atom stereocenters. The van der Waals surface area contributed by atoms with E-state index in [1.165, 1.54) is 38.5 Å². The number of nitrogens with zero attached hydrogens (tertiary/aromatic N) is 4. The van der Waals surface area contributed by atoms with E-state index in [-0.39, 0.29) is 90.4 Å². The van der Waals surface area contributed by atoms with Crippen molar-refractivity contribution in [2.75, 3.05) is 14.2 Å². The van der Waals surface area contributed by atoms with Gasteiger partial charge in [0, 0.05) is 45.7 Å².